The zero-order chi connectivity index (χ0) is 19.3. The molecule has 1 amide bonds. The number of nitrogens with one attached hydrogen (secondary N) is 2. The van der Waals surface area contributed by atoms with Gasteiger partial charge in [0, 0.05) is 44.3 Å². The third-order valence-electron chi connectivity index (χ3n) is 6.12. The summed E-state index contributed by atoms with van der Waals surface area (Å²) in [6.07, 6.45) is 8.23. The Labute approximate surface area is 166 Å². The zero-order valence-electron chi connectivity index (χ0n) is 16.5. The molecule has 1 atom stereocenters. The lowest BCUT2D eigenvalue weighted by Crippen LogP contribution is -2.51. The number of rotatable bonds is 7. The number of carbonyl (C=O) groups excluding carboxylic acids is 1. The molecular formula is C20H32N6O2. The first-order valence-electron chi connectivity index (χ1n) is 10.7. The van der Waals surface area contributed by atoms with E-state index in [1.54, 1.807) is 6.33 Å². The van der Waals surface area contributed by atoms with Crippen molar-refractivity contribution in [1.82, 2.24) is 20.2 Å². The number of aromatic nitrogens is 2. The SMILES string of the molecule is O=C(NC1CC1)[C@@H]1CCCN(C2CCN(c3cc(NCCO)ncn3)CC2)C1. The van der Waals surface area contributed by atoms with E-state index in [2.05, 4.69) is 30.4 Å². The van der Waals surface area contributed by atoms with Gasteiger partial charge in [-0.2, -0.15) is 0 Å². The van der Waals surface area contributed by atoms with Gasteiger partial charge in [-0.3, -0.25) is 9.69 Å². The molecule has 0 radical (unpaired) electrons. The second-order valence-electron chi connectivity index (χ2n) is 8.25. The van der Waals surface area contributed by atoms with Crippen molar-refractivity contribution in [2.24, 2.45) is 5.92 Å². The standard InChI is InChI=1S/C20H32N6O2/c27-11-7-21-18-12-19(23-14-22-18)25-9-5-17(6-10-25)26-8-1-2-15(13-26)20(28)24-16-3-4-16/h12,14-17,27H,1-11,13H2,(H,24,28)(H,21,22,23)/t15-/m1/s1. The number of aliphatic hydroxyl groups excluding tert-OH is 1. The molecule has 3 N–H and O–H groups in total. The Hall–Kier alpha value is -1.93. The van der Waals surface area contributed by atoms with Gasteiger partial charge in [0.05, 0.1) is 12.5 Å². The third-order valence-corrected chi connectivity index (χ3v) is 6.12. The van der Waals surface area contributed by atoms with Crippen LogP contribution in [0.5, 0.6) is 0 Å². The van der Waals surface area contributed by atoms with Crippen molar-refractivity contribution in [3.05, 3.63) is 12.4 Å². The first kappa shape index (κ1) is 19.4. The van der Waals surface area contributed by atoms with E-state index in [0.717, 1.165) is 76.3 Å². The number of aliphatic hydroxyl groups is 1. The molecule has 1 aromatic heterocycles. The highest BCUT2D eigenvalue weighted by atomic mass is 16.3. The maximum atomic E-state index is 12.4. The van der Waals surface area contributed by atoms with Gasteiger partial charge in [-0.25, -0.2) is 9.97 Å². The highest BCUT2D eigenvalue weighted by molar-refractivity contribution is 5.79. The minimum atomic E-state index is 0.0836. The van der Waals surface area contributed by atoms with Crippen molar-refractivity contribution < 1.29 is 9.90 Å². The van der Waals surface area contributed by atoms with Gasteiger partial charge in [-0.05, 0) is 45.1 Å². The van der Waals surface area contributed by atoms with Crippen LogP contribution in [0, 0.1) is 5.92 Å². The predicted octanol–water partition coefficient (Wildman–Crippen LogP) is 0.840. The van der Waals surface area contributed by atoms with Crippen molar-refractivity contribution in [1.29, 1.82) is 0 Å². The third kappa shape index (κ3) is 4.91. The fourth-order valence-corrected chi connectivity index (χ4v) is 4.36. The molecule has 8 heteroatoms. The maximum Gasteiger partial charge on any atom is 0.224 e. The molecule has 0 spiro atoms. The number of anilines is 2. The van der Waals surface area contributed by atoms with Crippen LogP contribution in [0.25, 0.3) is 0 Å². The number of hydrogen-bond acceptors (Lipinski definition) is 7. The lowest BCUT2D eigenvalue weighted by Gasteiger charge is -2.42. The van der Waals surface area contributed by atoms with E-state index in [4.69, 9.17) is 5.11 Å². The Bertz CT molecular complexity index is 660. The molecule has 3 aliphatic rings. The lowest BCUT2D eigenvalue weighted by molar-refractivity contribution is -0.127. The molecule has 1 saturated carbocycles. The van der Waals surface area contributed by atoms with Crippen LogP contribution in [-0.4, -0.2) is 77.3 Å². The largest absolute Gasteiger partial charge is 0.395 e. The maximum absolute atomic E-state index is 12.4. The quantitative estimate of drug-likeness (QED) is 0.637. The lowest BCUT2D eigenvalue weighted by atomic mass is 9.93. The fourth-order valence-electron chi connectivity index (χ4n) is 4.36. The van der Waals surface area contributed by atoms with Crippen LogP contribution in [0.15, 0.2) is 12.4 Å². The van der Waals surface area contributed by atoms with E-state index >= 15 is 0 Å². The zero-order valence-corrected chi connectivity index (χ0v) is 16.5. The van der Waals surface area contributed by atoms with Gasteiger partial charge < -0.3 is 20.6 Å². The first-order chi connectivity index (χ1) is 13.7. The molecular weight excluding hydrogens is 356 g/mol. The van der Waals surface area contributed by atoms with Crippen molar-refractivity contribution in [2.75, 3.05) is 49.5 Å². The van der Waals surface area contributed by atoms with Crippen LogP contribution in [0.3, 0.4) is 0 Å². The summed E-state index contributed by atoms with van der Waals surface area (Å²) in [5.41, 5.74) is 0. The second kappa shape index (κ2) is 9.05. The number of hydrogen-bond donors (Lipinski definition) is 3. The number of piperidine rings is 2. The van der Waals surface area contributed by atoms with Crippen molar-refractivity contribution in [2.45, 2.75) is 50.6 Å². The molecule has 28 heavy (non-hydrogen) atoms. The molecule has 3 fully saturated rings. The minimum absolute atomic E-state index is 0.0836. The Morgan fingerprint density at radius 2 is 1.96 bits per heavy atom. The van der Waals surface area contributed by atoms with Crippen molar-refractivity contribution in [3.63, 3.8) is 0 Å². The normalized spacial score (nSPS) is 24.2. The van der Waals surface area contributed by atoms with Gasteiger partial charge in [-0.15, -0.1) is 0 Å². The van der Waals surface area contributed by atoms with E-state index in [1.165, 1.54) is 0 Å². The summed E-state index contributed by atoms with van der Waals surface area (Å²) in [6, 6.07) is 2.96. The summed E-state index contributed by atoms with van der Waals surface area (Å²) in [6.45, 7) is 4.53. The van der Waals surface area contributed by atoms with E-state index in [9.17, 15) is 4.79 Å². The molecule has 0 bridgehead atoms. The smallest absolute Gasteiger partial charge is 0.224 e. The Morgan fingerprint density at radius 3 is 2.71 bits per heavy atom. The van der Waals surface area contributed by atoms with E-state index < -0.39 is 0 Å². The van der Waals surface area contributed by atoms with Gasteiger partial charge in [0.25, 0.3) is 0 Å². The van der Waals surface area contributed by atoms with Gasteiger partial charge in [0.2, 0.25) is 5.91 Å². The van der Waals surface area contributed by atoms with Gasteiger partial charge in [0.15, 0.2) is 0 Å². The van der Waals surface area contributed by atoms with Crippen LogP contribution >= 0.6 is 0 Å². The summed E-state index contributed by atoms with van der Waals surface area (Å²) in [4.78, 5) is 25.9. The van der Waals surface area contributed by atoms with Crippen LogP contribution < -0.4 is 15.5 Å². The summed E-state index contributed by atoms with van der Waals surface area (Å²) < 4.78 is 0. The minimum Gasteiger partial charge on any atom is -0.395 e. The summed E-state index contributed by atoms with van der Waals surface area (Å²) in [5, 5.41) is 15.2. The topological polar surface area (TPSA) is 93.6 Å². The van der Waals surface area contributed by atoms with Crippen LogP contribution in [0.4, 0.5) is 11.6 Å². The number of amides is 1. The van der Waals surface area contributed by atoms with Crippen LogP contribution in [0.1, 0.15) is 38.5 Å². The summed E-state index contributed by atoms with van der Waals surface area (Å²) >= 11 is 0. The number of likely N-dealkylation sites (tertiary alicyclic amines) is 1. The molecule has 1 aliphatic carbocycles. The van der Waals surface area contributed by atoms with Crippen molar-refractivity contribution >= 4 is 17.5 Å². The Kier molecular flexibility index (Phi) is 6.26. The Balaban J connectivity index is 1.28. The molecule has 0 unspecified atom stereocenters. The fraction of sp³-hybridized carbons (Fsp3) is 0.750. The Morgan fingerprint density at radius 1 is 1.14 bits per heavy atom. The molecule has 3 heterocycles. The molecule has 2 aliphatic heterocycles. The highest BCUT2D eigenvalue weighted by Gasteiger charge is 2.33. The molecule has 4 rings (SSSR count). The molecule has 2 saturated heterocycles. The number of nitrogens with zero attached hydrogens (tertiary/aromatic N) is 4. The average molecular weight is 389 g/mol. The van der Waals surface area contributed by atoms with Gasteiger partial charge >= 0.3 is 0 Å². The predicted molar refractivity (Wildman–Crippen MR) is 108 cm³/mol. The van der Waals surface area contributed by atoms with Crippen LogP contribution in [-0.2, 0) is 4.79 Å². The summed E-state index contributed by atoms with van der Waals surface area (Å²) in [7, 11) is 0. The monoisotopic (exact) mass is 388 g/mol. The molecule has 0 aromatic carbocycles. The van der Waals surface area contributed by atoms with Crippen LogP contribution in [0.2, 0.25) is 0 Å². The molecule has 8 nitrogen and oxygen atoms in total. The van der Waals surface area contributed by atoms with E-state index in [-0.39, 0.29) is 18.4 Å². The number of carbonyl (C=O) groups is 1. The average Bonchev–Trinajstić information content (AvgIpc) is 3.57. The first-order valence-corrected chi connectivity index (χ1v) is 10.7. The van der Waals surface area contributed by atoms with Gasteiger partial charge in [0.1, 0.15) is 18.0 Å². The van der Waals surface area contributed by atoms with Gasteiger partial charge in [-0.1, -0.05) is 0 Å². The van der Waals surface area contributed by atoms with Crippen molar-refractivity contribution in [3.8, 4) is 0 Å². The van der Waals surface area contributed by atoms with E-state index in [0.29, 0.717) is 18.6 Å². The highest BCUT2D eigenvalue weighted by Crippen LogP contribution is 2.27. The summed E-state index contributed by atoms with van der Waals surface area (Å²) in [5.74, 6) is 2.12. The van der Waals surface area contributed by atoms with E-state index in [1.807, 2.05) is 6.07 Å². The molecule has 154 valence electrons. The second-order valence-corrected chi connectivity index (χ2v) is 8.25. The molecule has 1 aromatic rings.